The molecular formula is C17H27NO3. The second-order valence-corrected chi connectivity index (χ2v) is 8.15. The third-order valence-electron chi connectivity index (χ3n) is 7.43. The van der Waals surface area contributed by atoms with Gasteiger partial charge in [-0.3, -0.25) is 10.1 Å². The zero-order valence-electron chi connectivity index (χ0n) is 12.7. The normalized spacial score (nSPS) is 52.6. The Kier molecular flexibility index (Phi) is 3.48. The van der Waals surface area contributed by atoms with Crippen molar-refractivity contribution < 1.29 is 10.0 Å². The van der Waals surface area contributed by atoms with Crippen molar-refractivity contribution in [3.63, 3.8) is 0 Å². The van der Waals surface area contributed by atoms with Crippen molar-refractivity contribution in [2.45, 2.75) is 69.9 Å². The number of aliphatic hydroxyl groups excluding tert-OH is 1. The lowest BCUT2D eigenvalue weighted by Gasteiger charge is -2.53. The Morgan fingerprint density at radius 2 is 1.62 bits per heavy atom. The van der Waals surface area contributed by atoms with E-state index in [1.807, 2.05) is 0 Å². The van der Waals surface area contributed by atoms with Crippen molar-refractivity contribution in [2.75, 3.05) is 0 Å². The molecule has 0 bridgehead atoms. The first kappa shape index (κ1) is 14.0. The Labute approximate surface area is 126 Å². The summed E-state index contributed by atoms with van der Waals surface area (Å²) >= 11 is 0. The van der Waals surface area contributed by atoms with Crippen LogP contribution < -0.4 is 0 Å². The van der Waals surface area contributed by atoms with Crippen molar-refractivity contribution in [3.8, 4) is 0 Å². The highest BCUT2D eigenvalue weighted by Gasteiger charge is 2.53. The predicted molar refractivity (Wildman–Crippen MR) is 79.3 cm³/mol. The van der Waals surface area contributed by atoms with Crippen molar-refractivity contribution in [2.24, 2.45) is 35.5 Å². The van der Waals surface area contributed by atoms with Gasteiger partial charge in [0.2, 0.25) is 6.04 Å². The first-order valence-electron chi connectivity index (χ1n) is 8.96. The van der Waals surface area contributed by atoms with Crippen molar-refractivity contribution in [3.05, 3.63) is 10.1 Å². The summed E-state index contributed by atoms with van der Waals surface area (Å²) in [6.45, 7) is 0. The molecule has 8 atom stereocenters. The van der Waals surface area contributed by atoms with Gasteiger partial charge in [0.15, 0.2) is 0 Å². The lowest BCUT2D eigenvalue weighted by Crippen LogP contribution is -2.51. The van der Waals surface area contributed by atoms with Gasteiger partial charge in [-0.1, -0.05) is 12.8 Å². The smallest absolute Gasteiger partial charge is 0.215 e. The van der Waals surface area contributed by atoms with Crippen LogP contribution in [0.25, 0.3) is 0 Å². The number of hydrogen-bond acceptors (Lipinski definition) is 3. The quantitative estimate of drug-likeness (QED) is 0.596. The monoisotopic (exact) mass is 293 g/mol. The molecule has 4 nitrogen and oxygen atoms in total. The minimum atomic E-state index is -0.499. The first-order chi connectivity index (χ1) is 10.1. The molecule has 4 aliphatic rings. The van der Waals surface area contributed by atoms with Gasteiger partial charge in [-0.15, -0.1) is 0 Å². The molecule has 21 heavy (non-hydrogen) atoms. The molecule has 0 aliphatic heterocycles. The van der Waals surface area contributed by atoms with E-state index >= 15 is 0 Å². The summed E-state index contributed by atoms with van der Waals surface area (Å²) < 4.78 is 0. The van der Waals surface area contributed by atoms with E-state index in [1.54, 1.807) is 0 Å². The van der Waals surface area contributed by atoms with E-state index in [4.69, 9.17) is 0 Å². The standard InChI is InChI=1S/C17H27NO3/c19-16-9-12(18(20)21)8-11-5-6-14-13-3-1-2-10(13)4-7-15(14)17(11)16/h10-17,19H,1-9H2/t10-,11?,12?,13+,14-,15+,16?,17-/m0/s1. The van der Waals surface area contributed by atoms with E-state index in [9.17, 15) is 15.2 Å². The van der Waals surface area contributed by atoms with E-state index in [1.165, 1.54) is 38.5 Å². The number of fused-ring (bicyclic) bond motifs is 5. The van der Waals surface area contributed by atoms with Crippen LogP contribution >= 0.6 is 0 Å². The zero-order chi connectivity index (χ0) is 14.6. The highest BCUT2D eigenvalue weighted by atomic mass is 16.6. The van der Waals surface area contributed by atoms with Gasteiger partial charge in [0.25, 0.3) is 0 Å². The molecule has 4 fully saturated rings. The fourth-order valence-electron chi connectivity index (χ4n) is 6.71. The SMILES string of the molecule is O=[N+]([O-])C1CC(O)[C@H]2C(CC[C@H]3[C@@H]4CCC[C@H]4CC[C@@H]23)C1. The van der Waals surface area contributed by atoms with Gasteiger partial charge in [0.05, 0.1) is 6.10 Å². The average Bonchev–Trinajstić information content (AvgIpc) is 2.94. The molecule has 118 valence electrons. The Morgan fingerprint density at radius 1 is 0.857 bits per heavy atom. The molecular weight excluding hydrogens is 266 g/mol. The molecule has 4 rings (SSSR count). The van der Waals surface area contributed by atoms with Crippen LogP contribution in [0.3, 0.4) is 0 Å². The van der Waals surface area contributed by atoms with Crippen LogP contribution in [0, 0.1) is 45.6 Å². The minimum Gasteiger partial charge on any atom is -0.393 e. The van der Waals surface area contributed by atoms with Crippen LogP contribution in [-0.2, 0) is 0 Å². The minimum absolute atomic E-state index is 0.153. The van der Waals surface area contributed by atoms with E-state index in [0.717, 1.165) is 24.2 Å². The molecule has 0 heterocycles. The van der Waals surface area contributed by atoms with Gasteiger partial charge in [-0.25, -0.2) is 0 Å². The number of nitro groups is 1. The Bertz CT molecular complexity index is 426. The van der Waals surface area contributed by atoms with Gasteiger partial charge in [-0.05, 0) is 67.6 Å². The maximum Gasteiger partial charge on any atom is 0.215 e. The third kappa shape index (κ3) is 2.21. The highest BCUT2D eigenvalue weighted by Crippen LogP contribution is 2.57. The molecule has 0 spiro atoms. The molecule has 0 aromatic rings. The molecule has 0 radical (unpaired) electrons. The summed E-state index contributed by atoms with van der Waals surface area (Å²) in [6, 6.07) is -0.499. The Morgan fingerprint density at radius 3 is 2.43 bits per heavy atom. The largest absolute Gasteiger partial charge is 0.393 e. The third-order valence-corrected chi connectivity index (χ3v) is 7.43. The van der Waals surface area contributed by atoms with Crippen LogP contribution in [0.5, 0.6) is 0 Å². The maximum absolute atomic E-state index is 11.1. The fraction of sp³-hybridized carbons (Fsp3) is 1.00. The highest BCUT2D eigenvalue weighted by molar-refractivity contribution is 5.01. The van der Waals surface area contributed by atoms with E-state index in [0.29, 0.717) is 30.6 Å². The predicted octanol–water partition coefficient (Wildman–Crippen LogP) is 3.26. The summed E-state index contributed by atoms with van der Waals surface area (Å²) in [5, 5.41) is 21.7. The molecule has 3 unspecified atom stereocenters. The fourth-order valence-corrected chi connectivity index (χ4v) is 6.71. The molecule has 0 saturated heterocycles. The Balaban J connectivity index is 1.54. The lowest BCUT2D eigenvalue weighted by atomic mass is 9.53. The van der Waals surface area contributed by atoms with Crippen molar-refractivity contribution >= 4 is 0 Å². The second kappa shape index (κ2) is 5.22. The van der Waals surface area contributed by atoms with Gasteiger partial charge in [-0.2, -0.15) is 0 Å². The number of aliphatic hydroxyl groups is 1. The zero-order valence-corrected chi connectivity index (χ0v) is 12.7. The summed E-state index contributed by atoms with van der Waals surface area (Å²) in [7, 11) is 0. The van der Waals surface area contributed by atoms with E-state index in [2.05, 4.69) is 0 Å². The second-order valence-electron chi connectivity index (χ2n) is 8.15. The summed E-state index contributed by atoms with van der Waals surface area (Å²) in [4.78, 5) is 10.9. The summed E-state index contributed by atoms with van der Waals surface area (Å²) in [5.41, 5.74) is 0. The Hall–Kier alpha value is -0.640. The number of hydrogen-bond donors (Lipinski definition) is 1. The molecule has 1 N–H and O–H groups in total. The molecule has 0 aromatic carbocycles. The molecule has 4 aliphatic carbocycles. The average molecular weight is 293 g/mol. The van der Waals surface area contributed by atoms with Crippen molar-refractivity contribution in [1.82, 2.24) is 0 Å². The molecule has 0 aromatic heterocycles. The number of nitrogens with zero attached hydrogens (tertiary/aromatic N) is 1. The lowest BCUT2D eigenvalue weighted by molar-refractivity contribution is -0.532. The molecule has 0 amide bonds. The van der Waals surface area contributed by atoms with Gasteiger partial charge in [0.1, 0.15) is 0 Å². The van der Waals surface area contributed by atoms with Gasteiger partial charge in [0, 0.05) is 17.8 Å². The first-order valence-corrected chi connectivity index (χ1v) is 8.96. The topological polar surface area (TPSA) is 63.4 Å². The molecule has 4 saturated carbocycles. The summed E-state index contributed by atoms with van der Waals surface area (Å²) in [6.07, 6.45) is 9.92. The van der Waals surface area contributed by atoms with Crippen LogP contribution in [0.4, 0.5) is 0 Å². The van der Waals surface area contributed by atoms with Crippen LogP contribution in [-0.4, -0.2) is 22.2 Å². The summed E-state index contributed by atoms with van der Waals surface area (Å²) in [5.74, 6) is 4.10. The van der Waals surface area contributed by atoms with Crippen molar-refractivity contribution in [1.29, 1.82) is 0 Å². The van der Waals surface area contributed by atoms with Gasteiger partial charge < -0.3 is 5.11 Å². The van der Waals surface area contributed by atoms with Gasteiger partial charge >= 0.3 is 0 Å². The van der Waals surface area contributed by atoms with E-state index < -0.39 is 12.1 Å². The molecule has 4 heteroatoms. The van der Waals surface area contributed by atoms with Crippen LogP contribution in [0.15, 0.2) is 0 Å². The number of rotatable bonds is 1. The van der Waals surface area contributed by atoms with Crippen LogP contribution in [0.2, 0.25) is 0 Å². The van der Waals surface area contributed by atoms with E-state index in [-0.39, 0.29) is 4.92 Å². The van der Waals surface area contributed by atoms with Crippen LogP contribution in [0.1, 0.15) is 57.8 Å². The maximum atomic E-state index is 11.1.